The number of nitrogens with one attached hydrogen (secondary N) is 1. The standard InChI is InChI=1S/C11H20N2O3/c1-13-6-8(16-2)5-9(13)10(15)12-11(7-14)3-4-11/h8-9,14H,3-7H2,1-2H3,(H,12,15)/t8-,9-/m0/s1. The Morgan fingerprint density at radius 1 is 1.62 bits per heavy atom. The highest BCUT2D eigenvalue weighted by Gasteiger charge is 2.46. The van der Waals surface area contributed by atoms with Crippen molar-refractivity contribution in [2.45, 2.75) is 36.9 Å². The fourth-order valence-corrected chi connectivity index (χ4v) is 2.25. The van der Waals surface area contributed by atoms with Gasteiger partial charge in [0.15, 0.2) is 0 Å². The molecule has 0 radical (unpaired) electrons. The molecule has 92 valence electrons. The van der Waals surface area contributed by atoms with E-state index in [1.165, 1.54) is 0 Å². The number of aliphatic hydroxyl groups is 1. The number of nitrogens with zero attached hydrogens (tertiary/aromatic N) is 1. The van der Waals surface area contributed by atoms with Gasteiger partial charge in [0.25, 0.3) is 0 Å². The molecular formula is C11H20N2O3. The SMILES string of the molecule is CO[C@H]1C[C@@H](C(=O)NC2(CO)CC2)N(C)C1. The van der Waals surface area contributed by atoms with E-state index in [1.807, 2.05) is 11.9 Å². The van der Waals surface area contributed by atoms with Crippen molar-refractivity contribution >= 4 is 5.91 Å². The van der Waals surface area contributed by atoms with Crippen LogP contribution >= 0.6 is 0 Å². The second kappa shape index (κ2) is 4.31. The number of rotatable bonds is 4. The number of methoxy groups -OCH3 is 1. The minimum atomic E-state index is -0.316. The largest absolute Gasteiger partial charge is 0.394 e. The van der Waals surface area contributed by atoms with Crippen LogP contribution in [0.3, 0.4) is 0 Å². The van der Waals surface area contributed by atoms with Crippen LogP contribution in [0, 0.1) is 0 Å². The molecule has 2 aliphatic rings. The Hall–Kier alpha value is -0.650. The van der Waals surface area contributed by atoms with E-state index in [2.05, 4.69) is 5.32 Å². The highest BCUT2D eigenvalue weighted by Crippen LogP contribution is 2.35. The van der Waals surface area contributed by atoms with Gasteiger partial charge in [-0.15, -0.1) is 0 Å². The van der Waals surface area contributed by atoms with E-state index >= 15 is 0 Å². The molecule has 5 nitrogen and oxygen atoms in total. The van der Waals surface area contributed by atoms with Gasteiger partial charge in [-0.3, -0.25) is 9.69 Å². The molecule has 1 aliphatic carbocycles. The van der Waals surface area contributed by atoms with E-state index in [4.69, 9.17) is 9.84 Å². The first-order chi connectivity index (χ1) is 7.60. The van der Waals surface area contributed by atoms with Crippen molar-refractivity contribution in [1.82, 2.24) is 10.2 Å². The van der Waals surface area contributed by atoms with Crippen LogP contribution in [0.5, 0.6) is 0 Å². The summed E-state index contributed by atoms with van der Waals surface area (Å²) >= 11 is 0. The lowest BCUT2D eigenvalue weighted by atomic mass is 10.1. The van der Waals surface area contributed by atoms with Crippen LogP contribution < -0.4 is 5.32 Å². The van der Waals surface area contributed by atoms with Crippen molar-refractivity contribution in [3.63, 3.8) is 0 Å². The maximum Gasteiger partial charge on any atom is 0.237 e. The lowest BCUT2D eigenvalue weighted by Gasteiger charge is -2.22. The van der Waals surface area contributed by atoms with Gasteiger partial charge in [0.1, 0.15) is 0 Å². The van der Waals surface area contributed by atoms with Crippen LogP contribution in [0.1, 0.15) is 19.3 Å². The average molecular weight is 228 g/mol. The Labute approximate surface area is 95.8 Å². The molecule has 2 fully saturated rings. The predicted molar refractivity (Wildman–Crippen MR) is 59.0 cm³/mol. The third kappa shape index (κ3) is 2.21. The van der Waals surface area contributed by atoms with Crippen molar-refractivity contribution in [2.24, 2.45) is 0 Å². The molecule has 0 spiro atoms. The third-order valence-electron chi connectivity index (χ3n) is 3.69. The number of ether oxygens (including phenoxy) is 1. The molecule has 2 N–H and O–H groups in total. The summed E-state index contributed by atoms with van der Waals surface area (Å²) in [4.78, 5) is 14.0. The van der Waals surface area contributed by atoms with E-state index in [0.29, 0.717) is 0 Å². The Morgan fingerprint density at radius 3 is 2.75 bits per heavy atom. The van der Waals surface area contributed by atoms with Crippen LogP contribution in [0.25, 0.3) is 0 Å². The third-order valence-corrected chi connectivity index (χ3v) is 3.69. The molecule has 0 bridgehead atoms. The minimum Gasteiger partial charge on any atom is -0.394 e. The maximum atomic E-state index is 12.0. The summed E-state index contributed by atoms with van der Waals surface area (Å²) in [5.74, 6) is 0.0219. The predicted octanol–water partition coefficient (Wildman–Crippen LogP) is -0.653. The van der Waals surface area contributed by atoms with E-state index in [-0.39, 0.29) is 30.2 Å². The molecule has 0 aromatic carbocycles. The summed E-state index contributed by atoms with van der Waals surface area (Å²) in [6, 6.07) is -0.117. The zero-order valence-electron chi connectivity index (χ0n) is 9.90. The van der Waals surface area contributed by atoms with Gasteiger partial charge in [-0.25, -0.2) is 0 Å². The molecule has 1 saturated carbocycles. The number of likely N-dealkylation sites (N-methyl/N-ethyl adjacent to an activating group) is 1. The summed E-state index contributed by atoms with van der Waals surface area (Å²) in [5.41, 5.74) is -0.316. The van der Waals surface area contributed by atoms with Gasteiger partial charge in [0.2, 0.25) is 5.91 Å². The minimum absolute atomic E-state index is 0.0219. The Kier molecular flexibility index (Phi) is 3.19. The van der Waals surface area contributed by atoms with Crippen LogP contribution in [-0.2, 0) is 9.53 Å². The summed E-state index contributed by atoms with van der Waals surface area (Å²) in [6.45, 7) is 0.837. The number of aliphatic hydroxyl groups excluding tert-OH is 1. The molecule has 0 aromatic heterocycles. The highest BCUT2D eigenvalue weighted by molar-refractivity contribution is 5.83. The second-order valence-electron chi connectivity index (χ2n) is 4.98. The zero-order chi connectivity index (χ0) is 11.8. The van der Waals surface area contributed by atoms with Gasteiger partial charge in [-0.2, -0.15) is 0 Å². The second-order valence-corrected chi connectivity index (χ2v) is 4.98. The number of carbonyl (C=O) groups is 1. The van der Waals surface area contributed by atoms with E-state index in [1.54, 1.807) is 7.11 Å². The first-order valence-electron chi connectivity index (χ1n) is 5.76. The number of likely N-dealkylation sites (tertiary alicyclic amines) is 1. The van der Waals surface area contributed by atoms with Gasteiger partial charge in [0.05, 0.1) is 24.3 Å². The molecular weight excluding hydrogens is 208 g/mol. The topological polar surface area (TPSA) is 61.8 Å². The van der Waals surface area contributed by atoms with Gasteiger partial charge in [0, 0.05) is 13.7 Å². The molecule has 5 heteroatoms. The quantitative estimate of drug-likeness (QED) is 0.671. The fourth-order valence-electron chi connectivity index (χ4n) is 2.25. The molecule has 1 heterocycles. The van der Waals surface area contributed by atoms with Gasteiger partial charge in [-0.05, 0) is 26.3 Å². The van der Waals surface area contributed by atoms with E-state index < -0.39 is 0 Å². The molecule has 1 amide bonds. The van der Waals surface area contributed by atoms with Crippen LogP contribution in [0.2, 0.25) is 0 Å². The lowest BCUT2D eigenvalue weighted by molar-refractivity contribution is -0.126. The van der Waals surface area contributed by atoms with Crippen molar-refractivity contribution < 1.29 is 14.6 Å². The number of hydrogen-bond acceptors (Lipinski definition) is 4. The molecule has 2 atom stereocenters. The molecule has 0 unspecified atom stereocenters. The number of carbonyl (C=O) groups excluding carboxylic acids is 1. The Bertz CT molecular complexity index is 278. The maximum absolute atomic E-state index is 12.0. The molecule has 2 rings (SSSR count). The summed E-state index contributed by atoms with van der Waals surface area (Å²) in [6.07, 6.45) is 2.66. The van der Waals surface area contributed by atoms with Crippen molar-refractivity contribution in [3.05, 3.63) is 0 Å². The summed E-state index contributed by atoms with van der Waals surface area (Å²) < 4.78 is 5.26. The van der Waals surface area contributed by atoms with Gasteiger partial charge >= 0.3 is 0 Å². The van der Waals surface area contributed by atoms with Crippen molar-refractivity contribution in [2.75, 3.05) is 27.3 Å². The van der Waals surface area contributed by atoms with Crippen LogP contribution in [0.15, 0.2) is 0 Å². The van der Waals surface area contributed by atoms with Crippen molar-refractivity contribution in [3.8, 4) is 0 Å². The fraction of sp³-hybridized carbons (Fsp3) is 0.909. The lowest BCUT2D eigenvalue weighted by Crippen LogP contribution is -2.48. The number of hydrogen-bond donors (Lipinski definition) is 2. The Morgan fingerprint density at radius 2 is 2.31 bits per heavy atom. The Balaban J connectivity index is 1.90. The molecule has 16 heavy (non-hydrogen) atoms. The summed E-state index contributed by atoms with van der Waals surface area (Å²) in [5, 5.41) is 12.1. The molecule has 1 aliphatic heterocycles. The number of amides is 1. The summed E-state index contributed by atoms with van der Waals surface area (Å²) in [7, 11) is 3.61. The molecule has 0 aromatic rings. The zero-order valence-corrected chi connectivity index (χ0v) is 9.90. The average Bonchev–Trinajstić information content (AvgIpc) is 2.94. The monoisotopic (exact) mass is 228 g/mol. The normalized spacial score (nSPS) is 32.7. The smallest absolute Gasteiger partial charge is 0.237 e. The highest BCUT2D eigenvalue weighted by atomic mass is 16.5. The first kappa shape index (κ1) is 11.8. The van der Waals surface area contributed by atoms with E-state index in [0.717, 1.165) is 25.8 Å². The van der Waals surface area contributed by atoms with Crippen LogP contribution in [-0.4, -0.2) is 60.9 Å². The van der Waals surface area contributed by atoms with Gasteiger partial charge in [-0.1, -0.05) is 0 Å². The molecule has 1 saturated heterocycles. The van der Waals surface area contributed by atoms with Crippen LogP contribution in [0.4, 0.5) is 0 Å². The van der Waals surface area contributed by atoms with Crippen molar-refractivity contribution in [1.29, 1.82) is 0 Å². The van der Waals surface area contributed by atoms with Gasteiger partial charge < -0.3 is 15.2 Å². The van der Waals surface area contributed by atoms with E-state index in [9.17, 15) is 4.79 Å². The first-order valence-corrected chi connectivity index (χ1v) is 5.76.